The zero-order chi connectivity index (χ0) is 12.1. The van der Waals surface area contributed by atoms with E-state index in [1.54, 1.807) is 18.9 Å². The van der Waals surface area contributed by atoms with E-state index in [-0.39, 0.29) is 6.04 Å². The molecule has 0 aliphatic rings. The minimum absolute atomic E-state index is 0.130. The summed E-state index contributed by atoms with van der Waals surface area (Å²) in [5, 5.41) is 0. The lowest BCUT2D eigenvalue weighted by Gasteiger charge is -2.21. The second-order valence-corrected chi connectivity index (χ2v) is 4.78. The summed E-state index contributed by atoms with van der Waals surface area (Å²) >= 11 is 1.76. The molecule has 4 heteroatoms. The second-order valence-electron chi connectivity index (χ2n) is 3.87. The van der Waals surface area contributed by atoms with Crippen molar-refractivity contribution in [2.75, 3.05) is 19.1 Å². The van der Waals surface area contributed by atoms with Crippen LogP contribution < -0.4 is 16.0 Å². The van der Waals surface area contributed by atoms with Gasteiger partial charge in [0, 0.05) is 11.3 Å². The number of rotatable bonds is 5. The number of hydrogen-bond acceptors (Lipinski definition) is 4. The average molecular weight is 240 g/mol. The summed E-state index contributed by atoms with van der Waals surface area (Å²) in [5.74, 6) is 7.44. The van der Waals surface area contributed by atoms with Gasteiger partial charge < -0.3 is 4.74 Å². The lowest BCUT2D eigenvalue weighted by molar-refractivity contribution is 0.402. The van der Waals surface area contributed by atoms with Crippen molar-refractivity contribution in [1.29, 1.82) is 0 Å². The van der Waals surface area contributed by atoms with E-state index in [2.05, 4.69) is 31.6 Å². The van der Waals surface area contributed by atoms with Crippen molar-refractivity contribution in [3.05, 3.63) is 28.8 Å². The fourth-order valence-corrected chi connectivity index (χ4v) is 2.53. The number of benzene rings is 1. The molecule has 3 nitrogen and oxygen atoms in total. The highest BCUT2D eigenvalue weighted by atomic mass is 32.2. The van der Waals surface area contributed by atoms with E-state index in [9.17, 15) is 0 Å². The number of nitrogens with two attached hydrogens (primary N) is 1. The fraction of sp³-hybridized carbons (Fsp3) is 0.500. The highest BCUT2D eigenvalue weighted by Gasteiger charge is 2.17. The number of nitrogens with one attached hydrogen (secondary N) is 1. The van der Waals surface area contributed by atoms with Gasteiger partial charge in [-0.2, -0.15) is 11.8 Å². The van der Waals surface area contributed by atoms with Crippen molar-refractivity contribution in [2.24, 2.45) is 5.84 Å². The van der Waals surface area contributed by atoms with Crippen LogP contribution in [0.5, 0.6) is 5.75 Å². The number of hydrazine groups is 1. The summed E-state index contributed by atoms with van der Waals surface area (Å²) in [5.41, 5.74) is 6.43. The molecule has 1 unspecified atom stereocenters. The molecule has 0 aliphatic carbocycles. The molecule has 0 fully saturated rings. The third-order valence-corrected chi connectivity index (χ3v) is 3.26. The zero-order valence-electron chi connectivity index (χ0n) is 10.3. The Bertz CT molecular complexity index is 355. The summed E-state index contributed by atoms with van der Waals surface area (Å²) < 4.78 is 5.43. The summed E-state index contributed by atoms with van der Waals surface area (Å²) in [6.45, 7) is 4.16. The molecule has 1 rings (SSSR count). The van der Waals surface area contributed by atoms with Crippen molar-refractivity contribution < 1.29 is 4.74 Å². The third-order valence-electron chi connectivity index (χ3n) is 2.60. The van der Waals surface area contributed by atoms with Crippen molar-refractivity contribution in [3.63, 3.8) is 0 Å². The predicted octanol–water partition coefficient (Wildman–Crippen LogP) is 2.18. The van der Waals surface area contributed by atoms with Gasteiger partial charge in [0.15, 0.2) is 0 Å². The van der Waals surface area contributed by atoms with E-state index in [4.69, 9.17) is 10.6 Å². The minimum Gasteiger partial charge on any atom is -0.496 e. The van der Waals surface area contributed by atoms with Crippen molar-refractivity contribution in [2.45, 2.75) is 19.9 Å². The Balaban J connectivity index is 3.18. The molecular weight excluding hydrogens is 220 g/mol. The standard InChI is InChI=1S/C12H20N2OS/c1-8-5-9(2)12(11(6-8)15-3)10(14-13)7-16-4/h5-6,10,14H,7,13H2,1-4H3. The van der Waals surface area contributed by atoms with Crippen LogP contribution in [0.3, 0.4) is 0 Å². The van der Waals surface area contributed by atoms with Crippen molar-refractivity contribution in [3.8, 4) is 5.75 Å². The van der Waals surface area contributed by atoms with E-state index in [1.807, 2.05) is 6.07 Å². The van der Waals surface area contributed by atoms with Crippen LogP contribution in [0.1, 0.15) is 22.7 Å². The Morgan fingerprint density at radius 3 is 2.62 bits per heavy atom. The van der Waals surface area contributed by atoms with E-state index in [0.717, 1.165) is 17.1 Å². The average Bonchev–Trinajstić information content (AvgIpc) is 2.25. The maximum atomic E-state index is 5.60. The Kier molecular flexibility index (Phi) is 5.12. The van der Waals surface area contributed by atoms with Crippen LogP contribution in [0.4, 0.5) is 0 Å². The van der Waals surface area contributed by atoms with Gasteiger partial charge in [0.2, 0.25) is 0 Å². The maximum Gasteiger partial charge on any atom is 0.124 e. The first-order chi connectivity index (χ1) is 7.63. The first-order valence-electron chi connectivity index (χ1n) is 5.24. The molecule has 1 atom stereocenters. The zero-order valence-corrected chi connectivity index (χ0v) is 11.1. The van der Waals surface area contributed by atoms with Gasteiger partial charge in [-0.15, -0.1) is 0 Å². The van der Waals surface area contributed by atoms with Crippen molar-refractivity contribution in [1.82, 2.24) is 5.43 Å². The fourth-order valence-electron chi connectivity index (χ4n) is 1.94. The molecule has 0 saturated heterocycles. The number of aryl methyl sites for hydroxylation is 2. The maximum absolute atomic E-state index is 5.60. The van der Waals surface area contributed by atoms with Crippen molar-refractivity contribution >= 4 is 11.8 Å². The number of ether oxygens (including phenoxy) is 1. The van der Waals surface area contributed by atoms with Crippen LogP contribution in [0.15, 0.2) is 12.1 Å². The molecule has 90 valence electrons. The smallest absolute Gasteiger partial charge is 0.124 e. The van der Waals surface area contributed by atoms with Crippen LogP contribution in [-0.2, 0) is 0 Å². The third kappa shape index (κ3) is 2.90. The molecular formula is C12H20N2OS. The van der Waals surface area contributed by atoms with Crippen LogP contribution in [-0.4, -0.2) is 19.1 Å². The molecule has 1 aromatic rings. The highest BCUT2D eigenvalue weighted by molar-refractivity contribution is 7.98. The molecule has 0 bridgehead atoms. The van der Waals surface area contributed by atoms with E-state index in [1.165, 1.54) is 11.1 Å². The Labute approximate surface area is 102 Å². The lowest BCUT2D eigenvalue weighted by Crippen LogP contribution is -2.30. The second kappa shape index (κ2) is 6.13. The van der Waals surface area contributed by atoms with Gasteiger partial charge in [0.1, 0.15) is 5.75 Å². The Hall–Kier alpha value is -0.710. The summed E-state index contributed by atoms with van der Waals surface area (Å²) in [7, 11) is 1.70. The van der Waals surface area contributed by atoms with Gasteiger partial charge in [0.05, 0.1) is 13.2 Å². The number of methoxy groups -OCH3 is 1. The molecule has 0 radical (unpaired) electrons. The molecule has 0 spiro atoms. The normalized spacial score (nSPS) is 12.6. The van der Waals surface area contributed by atoms with E-state index in [0.29, 0.717) is 0 Å². The molecule has 0 aliphatic heterocycles. The lowest BCUT2D eigenvalue weighted by atomic mass is 9.99. The summed E-state index contributed by atoms with van der Waals surface area (Å²) in [6.07, 6.45) is 2.07. The summed E-state index contributed by atoms with van der Waals surface area (Å²) in [4.78, 5) is 0. The monoisotopic (exact) mass is 240 g/mol. The molecule has 16 heavy (non-hydrogen) atoms. The molecule has 0 heterocycles. The van der Waals surface area contributed by atoms with Crippen LogP contribution >= 0.6 is 11.8 Å². The largest absolute Gasteiger partial charge is 0.496 e. The van der Waals surface area contributed by atoms with E-state index < -0.39 is 0 Å². The molecule has 0 amide bonds. The first-order valence-corrected chi connectivity index (χ1v) is 6.63. The van der Waals surface area contributed by atoms with Gasteiger partial charge >= 0.3 is 0 Å². The molecule has 3 N–H and O–H groups in total. The Morgan fingerprint density at radius 2 is 2.12 bits per heavy atom. The molecule has 0 aromatic heterocycles. The van der Waals surface area contributed by atoms with Gasteiger partial charge in [-0.25, -0.2) is 0 Å². The van der Waals surface area contributed by atoms with Gasteiger partial charge in [-0.1, -0.05) is 6.07 Å². The van der Waals surface area contributed by atoms with Gasteiger partial charge in [0.25, 0.3) is 0 Å². The molecule has 1 aromatic carbocycles. The van der Waals surface area contributed by atoms with Crippen LogP contribution in [0, 0.1) is 13.8 Å². The number of thioether (sulfide) groups is 1. The topological polar surface area (TPSA) is 47.3 Å². The van der Waals surface area contributed by atoms with Gasteiger partial charge in [-0.3, -0.25) is 11.3 Å². The van der Waals surface area contributed by atoms with E-state index >= 15 is 0 Å². The SMILES string of the molecule is COc1cc(C)cc(C)c1C(CSC)NN. The highest BCUT2D eigenvalue weighted by Crippen LogP contribution is 2.31. The Morgan fingerprint density at radius 1 is 1.44 bits per heavy atom. The van der Waals surface area contributed by atoms with Gasteiger partial charge in [-0.05, 0) is 37.3 Å². The quantitative estimate of drug-likeness (QED) is 0.612. The first kappa shape index (κ1) is 13.4. The summed E-state index contributed by atoms with van der Waals surface area (Å²) in [6, 6.07) is 4.33. The minimum atomic E-state index is 0.130. The van der Waals surface area contributed by atoms with Crippen LogP contribution in [0.2, 0.25) is 0 Å². The molecule has 0 saturated carbocycles. The predicted molar refractivity (Wildman–Crippen MR) is 70.9 cm³/mol. The van der Waals surface area contributed by atoms with Crippen LogP contribution in [0.25, 0.3) is 0 Å². The number of hydrogen-bond donors (Lipinski definition) is 2.